The van der Waals surface area contributed by atoms with Crippen molar-refractivity contribution >= 4 is 33.2 Å². The molecule has 5 nitrogen and oxygen atoms in total. The van der Waals surface area contributed by atoms with E-state index in [4.69, 9.17) is 11.6 Å². The number of sulfonamides is 1. The Balaban J connectivity index is 2.46. The van der Waals surface area contributed by atoms with Gasteiger partial charge in [0.25, 0.3) is 10.0 Å². The number of amides is 1. The molecular formula is C17H16ClFN2O3S. The van der Waals surface area contributed by atoms with Crippen molar-refractivity contribution in [3.63, 3.8) is 0 Å². The first-order valence-corrected chi connectivity index (χ1v) is 9.08. The highest BCUT2D eigenvalue weighted by atomic mass is 35.5. The third-order valence-corrected chi connectivity index (χ3v) is 5.33. The van der Waals surface area contributed by atoms with E-state index in [1.54, 1.807) is 18.2 Å². The maximum absolute atomic E-state index is 13.4. The summed E-state index contributed by atoms with van der Waals surface area (Å²) in [6.07, 6.45) is 1.47. The first-order valence-electron chi connectivity index (χ1n) is 7.26. The number of hydrogen-bond acceptors (Lipinski definition) is 3. The minimum absolute atomic E-state index is 0.00645. The molecule has 1 amide bonds. The lowest BCUT2D eigenvalue weighted by Crippen LogP contribution is -2.41. The number of carbonyl (C=O) groups excluding carboxylic acids is 1. The van der Waals surface area contributed by atoms with Crippen LogP contribution in [-0.4, -0.2) is 27.4 Å². The maximum atomic E-state index is 13.4. The molecule has 0 fully saturated rings. The summed E-state index contributed by atoms with van der Waals surface area (Å²) in [4.78, 5) is 12.0. The van der Waals surface area contributed by atoms with Gasteiger partial charge in [0.05, 0.1) is 15.6 Å². The van der Waals surface area contributed by atoms with Gasteiger partial charge in [-0.3, -0.25) is 9.10 Å². The molecule has 2 aromatic carbocycles. The predicted molar refractivity (Wildman–Crippen MR) is 95.6 cm³/mol. The van der Waals surface area contributed by atoms with E-state index in [0.29, 0.717) is 0 Å². The SMILES string of the molecule is C=CCNC(=O)CN(c1ccc(F)c(Cl)c1)S(=O)(=O)c1ccccc1. The summed E-state index contributed by atoms with van der Waals surface area (Å²) >= 11 is 5.76. The van der Waals surface area contributed by atoms with E-state index in [1.165, 1.54) is 24.3 Å². The summed E-state index contributed by atoms with van der Waals surface area (Å²) in [5, 5.41) is 2.27. The third kappa shape index (κ3) is 4.58. The monoisotopic (exact) mass is 382 g/mol. The van der Waals surface area contributed by atoms with Gasteiger partial charge in [0.2, 0.25) is 5.91 Å². The first kappa shape index (κ1) is 19.0. The summed E-state index contributed by atoms with van der Waals surface area (Å²) in [5.41, 5.74) is 0.0870. The molecule has 2 aromatic rings. The van der Waals surface area contributed by atoms with E-state index in [1.807, 2.05) is 0 Å². The number of nitrogens with one attached hydrogen (secondary N) is 1. The highest BCUT2D eigenvalue weighted by molar-refractivity contribution is 7.92. The average molecular weight is 383 g/mol. The first-order chi connectivity index (χ1) is 11.9. The van der Waals surface area contributed by atoms with Crippen LogP contribution < -0.4 is 9.62 Å². The Morgan fingerprint density at radius 2 is 1.92 bits per heavy atom. The van der Waals surface area contributed by atoms with Crippen LogP contribution in [0.15, 0.2) is 66.1 Å². The number of rotatable bonds is 7. The van der Waals surface area contributed by atoms with Crippen LogP contribution in [-0.2, 0) is 14.8 Å². The number of anilines is 1. The molecule has 0 saturated heterocycles. The third-order valence-electron chi connectivity index (χ3n) is 3.25. The highest BCUT2D eigenvalue weighted by Gasteiger charge is 2.27. The Labute approximate surface area is 150 Å². The molecular weight excluding hydrogens is 367 g/mol. The lowest BCUT2D eigenvalue weighted by atomic mass is 10.3. The van der Waals surface area contributed by atoms with Crippen LogP contribution in [0.4, 0.5) is 10.1 Å². The fourth-order valence-electron chi connectivity index (χ4n) is 2.05. The standard InChI is InChI=1S/C17H16ClFN2O3S/c1-2-10-20-17(22)12-21(13-8-9-16(19)15(18)11-13)25(23,24)14-6-4-3-5-7-14/h2-9,11H,1,10,12H2,(H,20,22). The molecule has 0 bridgehead atoms. The summed E-state index contributed by atoms with van der Waals surface area (Å²) in [6, 6.07) is 11.1. The molecule has 0 unspecified atom stereocenters. The summed E-state index contributed by atoms with van der Waals surface area (Å²) < 4.78 is 40.2. The van der Waals surface area contributed by atoms with E-state index in [-0.39, 0.29) is 22.2 Å². The van der Waals surface area contributed by atoms with Gasteiger partial charge in [-0.2, -0.15) is 0 Å². The van der Waals surface area contributed by atoms with Gasteiger partial charge in [-0.25, -0.2) is 12.8 Å². The van der Waals surface area contributed by atoms with Crippen LogP contribution in [0.25, 0.3) is 0 Å². The number of benzene rings is 2. The molecule has 0 aromatic heterocycles. The van der Waals surface area contributed by atoms with E-state index < -0.39 is 28.3 Å². The normalized spacial score (nSPS) is 11.0. The Hall–Kier alpha value is -2.38. The Kier molecular flexibility index (Phi) is 6.17. The molecule has 0 heterocycles. The van der Waals surface area contributed by atoms with E-state index in [2.05, 4.69) is 11.9 Å². The van der Waals surface area contributed by atoms with Crippen LogP contribution in [0.1, 0.15) is 0 Å². The zero-order valence-corrected chi connectivity index (χ0v) is 14.7. The van der Waals surface area contributed by atoms with Crippen molar-refractivity contribution in [3.05, 3.63) is 72.0 Å². The summed E-state index contributed by atoms with van der Waals surface area (Å²) in [5.74, 6) is -1.21. The van der Waals surface area contributed by atoms with Gasteiger partial charge < -0.3 is 5.32 Å². The van der Waals surface area contributed by atoms with Crippen LogP contribution in [0.2, 0.25) is 5.02 Å². The molecule has 25 heavy (non-hydrogen) atoms. The van der Waals surface area contributed by atoms with Gasteiger partial charge in [0.15, 0.2) is 0 Å². The van der Waals surface area contributed by atoms with Gasteiger partial charge in [-0.1, -0.05) is 35.9 Å². The van der Waals surface area contributed by atoms with Crippen molar-refractivity contribution in [2.75, 3.05) is 17.4 Å². The van der Waals surface area contributed by atoms with Crippen molar-refractivity contribution in [2.24, 2.45) is 0 Å². The molecule has 1 N–H and O–H groups in total. The zero-order valence-electron chi connectivity index (χ0n) is 13.2. The van der Waals surface area contributed by atoms with Crippen molar-refractivity contribution in [2.45, 2.75) is 4.90 Å². The molecule has 0 spiro atoms. The molecule has 0 atom stereocenters. The van der Waals surface area contributed by atoms with Crippen molar-refractivity contribution in [3.8, 4) is 0 Å². The van der Waals surface area contributed by atoms with Crippen LogP contribution in [0, 0.1) is 5.82 Å². The minimum Gasteiger partial charge on any atom is -0.351 e. The van der Waals surface area contributed by atoms with Gasteiger partial charge in [-0.05, 0) is 30.3 Å². The highest BCUT2D eigenvalue weighted by Crippen LogP contribution is 2.27. The smallest absolute Gasteiger partial charge is 0.264 e. The van der Waals surface area contributed by atoms with Gasteiger partial charge in [0.1, 0.15) is 12.4 Å². The minimum atomic E-state index is -4.04. The molecule has 0 aliphatic rings. The van der Waals surface area contributed by atoms with Gasteiger partial charge >= 0.3 is 0 Å². The Morgan fingerprint density at radius 3 is 2.52 bits per heavy atom. The second-order valence-electron chi connectivity index (χ2n) is 5.02. The Morgan fingerprint density at radius 1 is 1.24 bits per heavy atom. The molecule has 0 radical (unpaired) electrons. The van der Waals surface area contributed by atoms with Crippen molar-refractivity contribution < 1.29 is 17.6 Å². The average Bonchev–Trinajstić information content (AvgIpc) is 2.61. The van der Waals surface area contributed by atoms with Crippen molar-refractivity contribution in [1.29, 1.82) is 0 Å². The van der Waals surface area contributed by atoms with Crippen LogP contribution >= 0.6 is 11.6 Å². The molecule has 0 aliphatic carbocycles. The number of nitrogens with zero attached hydrogens (tertiary/aromatic N) is 1. The largest absolute Gasteiger partial charge is 0.351 e. The van der Waals surface area contributed by atoms with Crippen molar-refractivity contribution in [1.82, 2.24) is 5.32 Å². The second kappa shape index (κ2) is 8.13. The fraction of sp³-hybridized carbons (Fsp3) is 0.118. The van der Waals surface area contributed by atoms with Crippen LogP contribution in [0.5, 0.6) is 0 Å². The van der Waals surface area contributed by atoms with Crippen LogP contribution in [0.3, 0.4) is 0 Å². The van der Waals surface area contributed by atoms with E-state index in [0.717, 1.165) is 16.4 Å². The fourth-order valence-corrected chi connectivity index (χ4v) is 3.66. The molecule has 0 saturated carbocycles. The zero-order chi connectivity index (χ0) is 18.4. The molecule has 2 rings (SSSR count). The molecule has 0 aliphatic heterocycles. The van der Waals surface area contributed by atoms with Gasteiger partial charge in [0, 0.05) is 6.54 Å². The molecule has 8 heteroatoms. The number of hydrogen-bond donors (Lipinski definition) is 1. The number of halogens is 2. The quantitative estimate of drug-likeness (QED) is 0.748. The van der Waals surface area contributed by atoms with Gasteiger partial charge in [-0.15, -0.1) is 6.58 Å². The predicted octanol–water partition coefficient (Wildman–Crippen LogP) is 2.98. The summed E-state index contributed by atoms with van der Waals surface area (Å²) in [7, 11) is -4.04. The Bertz CT molecular complexity index is 873. The number of carbonyl (C=O) groups is 1. The second-order valence-corrected chi connectivity index (χ2v) is 7.29. The lowest BCUT2D eigenvalue weighted by Gasteiger charge is -2.24. The lowest BCUT2D eigenvalue weighted by molar-refractivity contribution is -0.119. The molecule has 132 valence electrons. The maximum Gasteiger partial charge on any atom is 0.264 e. The van der Waals surface area contributed by atoms with E-state index in [9.17, 15) is 17.6 Å². The summed E-state index contributed by atoms with van der Waals surface area (Å²) in [6.45, 7) is 3.20. The van der Waals surface area contributed by atoms with E-state index >= 15 is 0 Å². The topological polar surface area (TPSA) is 66.5 Å².